The van der Waals surface area contributed by atoms with Crippen LogP contribution in [0.15, 0.2) is 24.3 Å². The summed E-state index contributed by atoms with van der Waals surface area (Å²) in [6.07, 6.45) is 2.34. The Morgan fingerprint density at radius 2 is 2.00 bits per heavy atom. The van der Waals surface area contributed by atoms with Gasteiger partial charge in [0.25, 0.3) is 0 Å². The van der Waals surface area contributed by atoms with Crippen LogP contribution in [0.25, 0.3) is 0 Å². The van der Waals surface area contributed by atoms with Crippen molar-refractivity contribution in [2.45, 2.75) is 26.7 Å². The molecule has 0 aliphatic heterocycles. The molecule has 2 N–H and O–H groups in total. The molecule has 0 fully saturated rings. The monoisotopic (exact) mass is 220 g/mol. The van der Waals surface area contributed by atoms with Crippen molar-refractivity contribution in [1.82, 2.24) is 0 Å². The lowest BCUT2D eigenvalue weighted by molar-refractivity contribution is 0.514. The summed E-state index contributed by atoms with van der Waals surface area (Å²) in [6, 6.07) is 8.54. The average Bonchev–Trinajstić information content (AvgIpc) is 2.26. The van der Waals surface area contributed by atoms with Gasteiger partial charge in [0.15, 0.2) is 0 Å². The maximum absolute atomic E-state index is 5.53. The molecule has 2 nitrogen and oxygen atoms in total. The normalized spacial score (nSPS) is 12.5. The van der Waals surface area contributed by atoms with E-state index in [0.717, 1.165) is 19.5 Å². The Morgan fingerprint density at radius 1 is 1.31 bits per heavy atom. The lowest BCUT2D eigenvalue weighted by Crippen LogP contribution is -2.24. The lowest BCUT2D eigenvalue weighted by atomic mass is 10.0. The minimum absolute atomic E-state index is 0.702. The van der Waals surface area contributed by atoms with Gasteiger partial charge in [0.2, 0.25) is 0 Å². The van der Waals surface area contributed by atoms with E-state index in [1.807, 2.05) is 0 Å². The fraction of sp³-hybridized carbons (Fsp3) is 0.571. The second-order valence-corrected chi connectivity index (χ2v) is 4.70. The van der Waals surface area contributed by atoms with E-state index in [-0.39, 0.29) is 0 Å². The van der Waals surface area contributed by atoms with E-state index in [9.17, 15) is 0 Å². The summed E-state index contributed by atoms with van der Waals surface area (Å²) in [7, 11) is 2.17. The van der Waals surface area contributed by atoms with E-state index < -0.39 is 0 Å². The molecule has 2 heteroatoms. The highest BCUT2D eigenvalue weighted by atomic mass is 15.1. The summed E-state index contributed by atoms with van der Waals surface area (Å²) in [6.45, 7) is 6.37. The fourth-order valence-corrected chi connectivity index (χ4v) is 2.12. The molecule has 0 aliphatic carbocycles. The highest BCUT2D eigenvalue weighted by Gasteiger charge is 2.08. The quantitative estimate of drug-likeness (QED) is 0.798. The zero-order valence-corrected chi connectivity index (χ0v) is 10.7. The molecule has 0 amide bonds. The number of nitrogens with zero attached hydrogens (tertiary/aromatic N) is 1. The van der Waals surface area contributed by atoms with Crippen molar-refractivity contribution in [3.05, 3.63) is 29.8 Å². The molecule has 0 aliphatic rings. The first-order valence-electron chi connectivity index (χ1n) is 6.12. The molecule has 1 aromatic rings. The summed E-state index contributed by atoms with van der Waals surface area (Å²) in [5.41, 5.74) is 8.21. The van der Waals surface area contributed by atoms with Crippen LogP contribution in [0.1, 0.15) is 25.3 Å². The molecular weight excluding hydrogens is 196 g/mol. The average molecular weight is 220 g/mol. The van der Waals surface area contributed by atoms with Crippen LogP contribution in [-0.4, -0.2) is 20.1 Å². The van der Waals surface area contributed by atoms with Crippen LogP contribution in [-0.2, 0) is 0 Å². The third-order valence-electron chi connectivity index (χ3n) is 3.01. The Bertz CT molecular complexity index is 309. The van der Waals surface area contributed by atoms with Crippen LogP contribution < -0.4 is 10.6 Å². The van der Waals surface area contributed by atoms with Crippen molar-refractivity contribution >= 4 is 5.69 Å². The third-order valence-corrected chi connectivity index (χ3v) is 3.01. The van der Waals surface area contributed by atoms with Crippen molar-refractivity contribution in [2.75, 3.05) is 25.0 Å². The molecule has 16 heavy (non-hydrogen) atoms. The van der Waals surface area contributed by atoms with Gasteiger partial charge in [-0.2, -0.15) is 0 Å². The molecule has 90 valence electrons. The van der Waals surface area contributed by atoms with Crippen LogP contribution in [0.4, 0.5) is 5.69 Å². The maximum Gasteiger partial charge on any atom is 0.0393 e. The van der Waals surface area contributed by atoms with Crippen molar-refractivity contribution in [3.63, 3.8) is 0 Å². The molecule has 1 unspecified atom stereocenters. The summed E-state index contributed by atoms with van der Waals surface area (Å²) < 4.78 is 0. The maximum atomic E-state index is 5.53. The van der Waals surface area contributed by atoms with E-state index in [4.69, 9.17) is 5.73 Å². The van der Waals surface area contributed by atoms with Crippen molar-refractivity contribution in [2.24, 2.45) is 11.7 Å². The summed E-state index contributed by atoms with van der Waals surface area (Å²) in [5.74, 6) is 0.702. The Kier molecular flexibility index (Phi) is 5.33. The molecule has 1 atom stereocenters. The zero-order chi connectivity index (χ0) is 12.0. The highest BCUT2D eigenvalue weighted by Crippen LogP contribution is 2.19. The first kappa shape index (κ1) is 13.0. The molecular formula is C14H24N2. The molecule has 0 radical (unpaired) electrons. The van der Waals surface area contributed by atoms with E-state index in [0.29, 0.717) is 5.92 Å². The van der Waals surface area contributed by atoms with Crippen molar-refractivity contribution < 1.29 is 0 Å². The Hall–Kier alpha value is -1.02. The number of hydrogen-bond acceptors (Lipinski definition) is 2. The lowest BCUT2D eigenvalue weighted by Gasteiger charge is -2.25. The van der Waals surface area contributed by atoms with Crippen LogP contribution in [0.2, 0.25) is 0 Å². The fourth-order valence-electron chi connectivity index (χ4n) is 2.12. The molecule has 1 rings (SSSR count). The van der Waals surface area contributed by atoms with Gasteiger partial charge in [-0.1, -0.05) is 25.1 Å². The smallest absolute Gasteiger partial charge is 0.0393 e. The van der Waals surface area contributed by atoms with Gasteiger partial charge in [-0.3, -0.25) is 0 Å². The largest absolute Gasteiger partial charge is 0.374 e. The number of rotatable bonds is 6. The van der Waals surface area contributed by atoms with Gasteiger partial charge in [0.1, 0.15) is 0 Å². The van der Waals surface area contributed by atoms with E-state index >= 15 is 0 Å². The number of para-hydroxylation sites is 1. The van der Waals surface area contributed by atoms with Gasteiger partial charge < -0.3 is 10.6 Å². The first-order chi connectivity index (χ1) is 7.65. The molecule has 0 saturated heterocycles. The van der Waals surface area contributed by atoms with Gasteiger partial charge in [0, 0.05) is 19.3 Å². The summed E-state index contributed by atoms with van der Waals surface area (Å²) in [5, 5.41) is 0. The van der Waals surface area contributed by atoms with Gasteiger partial charge >= 0.3 is 0 Å². The number of anilines is 1. The van der Waals surface area contributed by atoms with Gasteiger partial charge in [-0.15, -0.1) is 0 Å². The Balaban J connectivity index is 2.52. The molecule has 0 spiro atoms. The Labute approximate surface area is 99.5 Å². The van der Waals surface area contributed by atoms with Gasteiger partial charge in [-0.05, 0) is 43.9 Å². The molecule has 0 bridgehead atoms. The second-order valence-electron chi connectivity index (χ2n) is 4.70. The highest BCUT2D eigenvalue weighted by molar-refractivity contribution is 5.52. The Morgan fingerprint density at radius 3 is 2.62 bits per heavy atom. The van der Waals surface area contributed by atoms with Crippen LogP contribution >= 0.6 is 0 Å². The van der Waals surface area contributed by atoms with Crippen LogP contribution in [0.5, 0.6) is 0 Å². The predicted molar refractivity (Wildman–Crippen MR) is 71.9 cm³/mol. The topological polar surface area (TPSA) is 29.3 Å². The zero-order valence-electron chi connectivity index (χ0n) is 10.7. The van der Waals surface area contributed by atoms with E-state index in [1.54, 1.807) is 0 Å². The molecule has 0 heterocycles. The standard InChI is InChI=1S/C14H24N2/c1-12(7-6-10-15)11-16(3)14-9-5-4-8-13(14)2/h4-5,8-9,12H,6-7,10-11,15H2,1-3H3. The SMILES string of the molecule is Cc1ccccc1N(C)CC(C)CCCN. The molecule has 1 aromatic carbocycles. The number of nitrogens with two attached hydrogens (primary N) is 1. The van der Waals surface area contributed by atoms with Crippen LogP contribution in [0.3, 0.4) is 0 Å². The van der Waals surface area contributed by atoms with Gasteiger partial charge in [0.05, 0.1) is 0 Å². The van der Waals surface area contributed by atoms with E-state index in [2.05, 4.69) is 50.1 Å². The predicted octanol–water partition coefficient (Wildman–Crippen LogP) is 2.81. The molecule has 0 aromatic heterocycles. The van der Waals surface area contributed by atoms with Crippen LogP contribution in [0, 0.1) is 12.8 Å². The summed E-state index contributed by atoms with van der Waals surface area (Å²) in [4.78, 5) is 2.34. The van der Waals surface area contributed by atoms with Crippen molar-refractivity contribution in [1.29, 1.82) is 0 Å². The first-order valence-corrected chi connectivity index (χ1v) is 6.12. The van der Waals surface area contributed by atoms with E-state index in [1.165, 1.54) is 17.7 Å². The van der Waals surface area contributed by atoms with Gasteiger partial charge in [-0.25, -0.2) is 0 Å². The summed E-state index contributed by atoms with van der Waals surface area (Å²) >= 11 is 0. The second kappa shape index (κ2) is 6.54. The minimum Gasteiger partial charge on any atom is -0.374 e. The van der Waals surface area contributed by atoms with Crippen molar-refractivity contribution in [3.8, 4) is 0 Å². The number of benzene rings is 1. The minimum atomic E-state index is 0.702. The molecule has 0 saturated carbocycles. The number of aryl methyl sites for hydroxylation is 1. The number of hydrogen-bond donors (Lipinski definition) is 1. The third kappa shape index (κ3) is 3.86.